The summed E-state index contributed by atoms with van der Waals surface area (Å²) in [5.41, 5.74) is 7.15. The number of hydrogen-bond donors (Lipinski definition) is 1. The molecule has 0 aliphatic carbocycles. The maximum Gasteiger partial charge on any atom is 0.130 e. The van der Waals surface area contributed by atoms with Crippen LogP contribution in [0.5, 0.6) is 0 Å². The minimum atomic E-state index is 0.677. The number of hydrogen-bond acceptors (Lipinski definition) is 3. The van der Waals surface area contributed by atoms with Crippen LogP contribution in [0.2, 0.25) is 0 Å². The third-order valence-electron chi connectivity index (χ3n) is 4.92. The first-order valence-electron chi connectivity index (χ1n) is 9.86. The zero-order chi connectivity index (χ0) is 20.9. The van der Waals surface area contributed by atoms with Gasteiger partial charge in [-0.15, -0.1) is 6.58 Å². The van der Waals surface area contributed by atoms with Crippen molar-refractivity contribution in [3.8, 4) is 22.5 Å². The molecule has 2 aromatic carbocycles. The minimum Gasteiger partial charge on any atom is -0.340 e. The minimum absolute atomic E-state index is 0.677. The van der Waals surface area contributed by atoms with Crippen LogP contribution in [0.15, 0.2) is 98.5 Å². The van der Waals surface area contributed by atoms with Gasteiger partial charge in [0.05, 0.1) is 17.7 Å². The van der Waals surface area contributed by atoms with Crippen molar-refractivity contribution in [1.29, 1.82) is 0 Å². The summed E-state index contributed by atoms with van der Waals surface area (Å²) in [6, 6.07) is 22.5. The van der Waals surface area contributed by atoms with E-state index in [1.807, 2.05) is 54.9 Å². The van der Waals surface area contributed by atoms with Gasteiger partial charge in [0.15, 0.2) is 0 Å². The van der Waals surface area contributed by atoms with Crippen molar-refractivity contribution in [2.24, 2.45) is 0 Å². The smallest absolute Gasteiger partial charge is 0.130 e. The zero-order valence-electron chi connectivity index (χ0n) is 17.0. The molecular weight excluding hydrogens is 368 g/mol. The Morgan fingerprint density at radius 1 is 1.00 bits per heavy atom. The first-order chi connectivity index (χ1) is 14.7. The molecule has 2 heterocycles. The molecule has 0 radical (unpaired) electrons. The Balaban J connectivity index is 1.72. The van der Waals surface area contributed by atoms with Crippen molar-refractivity contribution in [3.05, 3.63) is 110 Å². The van der Waals surface area contributed by atoms with Crippen molar-refractivity contribution in [1.82, 2.24) is 14.5 Å². The molecule has 0 aliphatic heterocycles. The average molecular weight is 393 g/mol. The second kappa shape index (κ2) is 8.62. The van der Waals surface area contributed by atoms with Crippen LogP contribution in [0, 0.1) is 6.92 Å². The SMILES string of the molecule is C=CCn1cnc(-c2ccc(C)cc2)c1-c1ccnc(NC(=C)c2ccccc2)c1. The lowest BCUT2D eigenvalue weighted by atomic mass is 10.0. The number of aromatic nitrogens is 3. The summed E-state index contributed by atoms with van der Waals surface area (Å²) in [6.45, 7) is 10.8. The van der Waals surface area contributed by atoms with E-state index in [2.05, 4.69) is 59.2 Å². The van der Waals surface area contributed by atoms with Gasteiger partial charge in [0.2, 0.25) is 0 Å². The van der Waals surface area contributed by atoms with Gasteiger partial charge in [-0.25, -0.2) is 9.97 Å². The molecule has 0 saturated heterocycles. The van der Waals surface area contributed by atoms with Gasteiger partial charge in [-0.2, -0.15) is 0 Å². The molecule has 0 spiro atoms. The lowest BCUT2D eigenvalue weighted by Crippen LogP contribution is -2.01. The lowest BCUT2D eigenvalue weighted by molar-refractivity contribution is 0.829. The quantitative estimate of drug-likeness (QED) is 0.381. The summed E-state index contributed by atoms with van der Waals surface area (Å²) in [7, 11) is 0. The Labute approximate surface area is 177 Å². The van der Waals surface area contributed by atoms with Crippen LogP contribution >= 0.6 is 0 Å². The molecule has 4 rings (SSSR count). The number of aryl methyl sites for hydroxylation is 1. The fourth-order valence-electron chi connectivity index (χ4n) is 3.40. The highest BCUT2D eigenvalue weighted by atomic mass is 15.1. The Morgan fingerprint density at radius 2 is 1.77 bits per heavy atom. The van der Waals surface area contributed by atoms with Crippen LogP contribution in [0.3, 0.4) is 0 Å². The van der Waals surface area contributed by atoms with E-state index in [1.54, 1.807) is 6.20 Å². The highest BCUT2D eigenvalue weighted by molar-refractivity contribution is 5.81. The van der Waals surface area contributed by atoms with Crippen LogP contribution < -0.4 is 5.32 Å². The molecule has 0 aliphatic rings. The largest absolute Gasteiger partial charge is 0.340 e. The third kappa shape index (κ3) is 4.08. The molecular formula is C26H24N4. The van der Waals surface area contributed by atoms with Crippen LogP contribution in [-0.2, 0) is 6.54 Å². The monoisotopic (exact) mass is 392 g/mol. The molecule has 1 N–H and O–H groups in total. The van der Waals surface area contributed by atoms with Gasteiger partial charge in [0.1, 0.15) is 5.82 Å². The Bertz CT molecular complexity index is 1170. The molecule has 4 heteroatoms. The molecule has 0 bridgehead atoms. The lowest BCUT2D eigenvalue weighted by Gasteiger charge is -2.12. The molecule has 4 nitrogen and oxygen atoms in total. The molecule has 0 unspecified atom stereocenters. The topological polar surface area (TPSA) is 42.7 Å². The van der Waals surface area contributed by atoms with E-state index in [9.17, 15) is 0 Å². The summed E-state index contributed by atoms with van der Waals surface area (Å²) in [5, 5.41) is 3.32. The second-order valence-corrected chi connectivity index (χ2v) is 7.15. The summed E-state index contributed by atoms with van der Waals surface area (Å²) < 4.78 is 2.10. The van der Waals surface area contributed by atoms with E-state index in [0.717, 1.165) is 39.6 Å². The van der Waals surface area contributed by atoms with Gasteiger partial charge in [-0.3, -0.25) is 0 Å². The molecule has 148 valence electrons. The van der Waals surface area contributed by atoms with Crippen LogP contribution in [-0.4, -0.2) is 14.5 Å². The molecule has 0 saturated carbocycles. The first kappa shape index (κ1) is 19.4. The number of nitrogens with zero attached hydrogens (tertiary/aromatic N) is 3. The fraction of sp³-hybridized carbons (Fsp3) is 0.0769. The van der Waals surface area contributed by atoms with Gasteiger partial charge in [-0.05, 0) is 24.6 Å². The van der Waals surface area contributed by atoms with Crippen molar-refractivity contribution in [2.45, 2.75) is 13.5 Å². The molecule has 2 aromatic heterocycles. The summed E-state index contributed by atoms with van der Waals surface area (Å²) in [5.74, 6) is 0.738. The van der Waals surface area contributed by atoms with Gasteiger partial charge >= 0.3 is 0 Å². The van der Waals surface area contributed by atoms with E-state index >= 15 is 0 Å². The van der Waals surface area contributed by atoms with Crippen molar-refractivity contribution in [3.63, 3.8) is 0 Å². The van der Waals surface area contributed by atoms with E-state index in [-0.39, 0.29) is 0 Å². The van der Waals surface area contributed by atoms with Gasteiger partial charge < -0.3 is 9.88 Å². The Hall–Kier alpha value is -3.92. The number of nitrogens with one attached hydrogen (secondary N) is 1. The molecule has 30 heavy (non-hydrogen) atoms. The van der Waals surface area contributed by atoms with Gasteiger partial charge in [0, 0.05) is 29.6 Å². The number of anilines is 1. The molecule has 0 atom stereocenters. The summed E-state index contributed by atoms with van der Waals surface area (Å²) in [6.07, 6.45) is 5.55. The van der Waals surface area contributed by atoms with Gasteiger partial charge in [-0.1, -0.05) is 72.8 Å². The van der Waals surface area contributed by atoms with Crippen molar-refractivity contribution in [2.75, 3.05) is 5.32 Å². The molecule has 0 amide bonds. The fourth-order valence-corrected chi connectivity index (χ4v) is 3.40. The van der Waals surface area contributed by atoms with Crippen LogP contribution in [0.4, 0.5) is 5.82 Å². The Morgan fingerprint density at radius 3 is 2.50 bits per heavy atom. The van der Waals surface area contributed by atoms with E-state index in [1.165, 1.54) is 5.56 Å². The summed E-state index contributed by atoms with van der Waals surface area (Å²) in [4.78, 5) is 9.19. The normalized spacial score (nSPS) is 10.6. The number of rotatable bonds is 7. The second-order valence-electron chi connectivity index (χ2n) is 7.15. The predicted octanol–water partition coefficient (Wildman–Crippen LogP) is 6.19. The van der Waals surface area contributed by atoms with E-state index in [0.29, 0.717) is 6.54 Å². The maximum absolute atomic E-state index is 4.71. The number of allylic oxidation sites excluding steroid dienone is 1. The molecule has 4 aromatic rings. The maximum atomic E-state index is 4.71. The number of pyridine rings is 1. The molecule has 0 fully saturated rings. The summed E-state index contributed by atoms with van der Waals surface area (Å²) >= 11 is 0. The first-order valence-corrected chi connectivity index (χ1v) is 9.86. The van der Waals surface area contributed by atoms with Crippen molar-refractivity contribution >= 4 is 11.5 Å². The highest BCUT2D eigenvalue weighted by Gasteiger charge is 2.15. The van der Waals surface area contributed by atoms with Gasteiger partial charge in [0.25, 0.3) is 0 Å². The van der Waals surface area contributed by atoms with Crippen LogP contribution in [0.1, 0.15) is 11.1 Å². The Kier molecular flexibility index (Phi) is 5.57. The highest BCUT2D eigenvalue weighted by Crippen LogP contribution is 2.32. The van der Waals surface area contributed by atoms with Crippen LogP contribution in [0.25, 0.3) is 28.2 Å². The standard InChI is InChI=1S/C26H24N4/c1-4-16-30-18-28-25(22-12-10-19(2)11-13-22)26(30)23-14-15-27-24(17-23)29-20(3)21-8-6-5-7-9-21/h4-15,17-18H,1,3,16H2,2H3,(H,27,29). The van der Waals surface area contributed by atoms with Crippen molar-refractivity contribution < 1.29 is 0 Å². The predicted molar refractivity (Wildman–Crippen MR) is 125 cm³/mol. The zero-order valence-corrected chi connectivity index (χ0v) is 17.0. The number of benzene rings is 2. The average Bonchev–Trinajstić information content (AvgIpc) is 3.19. The van der Waals surface area contributed by atoms with E-state index < -0.39 is 0 Å². The van der Waals surface area contributed by atoms with E-state index in [4.69, 9.17) is 4.98 Å². The third-order valence-corrected chi connectivity index (χ3v) is 4.92. The number of imidazole rings is 1.